The molecule has 2 heteroatoms. The first-order valence-corrected chi connectivity index (χ1v) is 4.18. The molecule has 2 radical (unpaired) electrons. The lowest BCUT2D eigenvalue weighted by molar-refractivity contribution is 1.67. The maximum absolute atomic E-state index is 3.63. The van der Waals surface area contributed by atoms with Gasteiger partial charge >= 0.3 is 0 Å². The first-order chi connectivity index (χ1) is 4.93. The molecule has 0 atom stereocenters. The highest BCUT2D eigenvalue weighted by atomic mass is 28.2. The van der Waals surface area contributed by atoms with E-state index in [9.17, 15) is 0 Å². The van der Waals surface area contributed by atoms with Crippen LogP contribution in [0.3, 0.4) is 0 Å². The van der Waals surface area contributed by atoms with E-state index in [2.05, 4.69) is 11.6 Å². The van der Waals surface area contributed by atoms with Crippen molar-refractivity contribution >= 4 is 15.4 Å². The van der Waals surface area contributed by atoms with E-state index in [1.54, 1.807) is 0 Å². The van der Waals surface area contributed by atoms with Crippen LogP contribution in [-0.4, -0.2) is 9.68 Å². The summed E-state index contributed by atoms with van der Waals surface area (Å²) in [7, 11) is 0.606. The second-order valence-electron chi connectivity index (χ2n) is 1.84. The second-order valence-corrected chi connectivity index (χ2v) is 2.79. The molecular formula is C8H9NSi. The number of hydrogen-bond acceptors (Lipinski definition) is 1. The molecule has 1 N–H and O–H groups in total. The van der Waals surface area contributed by atoms with Crippen LogP contribution in [0.25, 0.3) is 0 Å². The van der Waals surface area contributed by atoms with Crippen LogP contribution in [0.2, 0.25) is 0 Å². The average molecular weight is 147 g/mol. The lowest BCUT2D eigenvalue weighted by Gasteiger charge is -1.98. The molecule has 0 aliphatic heterocycles. The molecule has 0 saturated heterocycles. The third-order valence-electron chi connectivity index (χ3n) is 1.09. The molecule has 0 amide bonds. The van der Waals surface area contributed by atoms with E-state index in [4.69, 9.17) is 0 Å². The van der Waals surface area contributed by atoms with Crippen LogP contribution in [0.5, 0.6) is 0 Å². The van der Waals surface area contributed by atoms with Crippen LogP contribution in [-0.2, 0) is 0 Å². The van der Waals surface area contributed by atoms with Gasteiger partial charge in [0.2, 0.25) is 9.68 Å². The molecule has 50 valence electrons. The Morgan fingerprint density at radius 3 is 2.60 bits per heavy atom. The number of para-hydroxylation sites is 1. The highest BCUT2D eigenvalue weighted by molar-refractivity contribution is 6.46. The molecule has 10 heavy (non-hydrogen) atoms. The Labute approximate surface area is 63.7 Å². The number of rotatable bonds is 3. The summed E-state index contributed by atoms with van der Waals surface area (Å²) in [6.07, 6.45) is 0. The van der Waals surface area contributed by atoms with Crippen molar-refractivity contribution in [2.75, 3.05) is 4.98 Å². The van der Waals surface area contributed by atoms with Crippen molar-refractivity contribution in [3.8, 4) is 0 Å². The van der Waals surface area contributed by atoms with Crippen molar-refractivity contribution in [3.63, 3.8) is 0 Å². The zero-order valence-electron chi connectivity index (χ0n) is 5.67. The average Bonchev–Trinajstić information content (AvgIpc) is 2.03. The van der Waals surface area contributed by atoms with Gasteiger partial charge in [-0.3, -0.25) is 0 Å². The van der Waals surface area contributed by atoms with E-state index >= 15 is 0 Å². The van der Waals surface area contributed by atoms with E-state index in [0.29, 0.717) is 9.68 Å². The van der Waals surface area contributed by atoms with Crippen molar-refractivity contribution in [3.05, 3.63) is 42.6 Å². The van der Waals surface area contributed by atoms with Crippen LogP contribution < -0.4 is 4.98 Å². The molecule has 0 heterocycles. The van der Waals surface area contributed by atoms with Gasteiger partial charge in [0.15, 0.2) is 0 Å². The number of anilines is 1. The highest BCUT2D eigenvalue weighted by Gasteiger charge is 1.84. The quantitative estimate of drug-likeness (QED) is 0.643. The van der Waals surface area contributed by atoms with Crippen molar-refractivity contribution < 1.29 is 0 Å². The van der Waals surface area contributed by atoms with Crippen LogP contribution >= 0.6 is 0 Å². The Balaban J connectivity index is 2.50. The number of nitrogens with one attached hydrogen (secondary N) is 1. The molecule has 0 aliphatic rings. The van der Waals surface area contributed by atoms with Crippen LogP contribution in [0.1, 0.15) is 0 Å². The predicted molar refractivity (Wildman–Crippen MR) is 46.0 cm³/mol. The summed E-state index contributed by atoms with van der Waals surface area (Å²) in [5, 5.41) is 0. The normalized spacial score (nSPS) is 8.80. The van der Waals surface area contributed by atoms with Gasteiger partial charge in [-0.15, -0.1) is 6.58 Å². The molecule has 1 aromatic carbocycles. The summed E-state index contributed by atoms with van der Waals surface area (Å²) >= 11 is 0. The third kappa shape index (κ3) is 2.07. The molecule has 0 bridgehead atoms. The largest absolute Gasteiger partial charge is 0.408 e. The molecule has 0 fully saturated rings. The maximum Gasteiger partial charge on any atom is 0.210 e. The Kier molecular flexibility index (Phi) is 2.77. The van der Waals surface area contributed by atoms with Gasteiger partial charge in [0.1, 0.15) is 0 Å². The van der Waals surface area contributed by atoms with Crippen molar-refractivity contribution in [1.29, 1.82) is 0 Å². The molecule has 0 spiro atoms. The zero-order valence-corrected chi connectivity index (χ0v) is 6.67. The zero-order chi connectivity index (χ0) is 7.23. The van der Waals surface area contributed by atoms with Gasteiger partial charge in [-0.1, -0.05) is 23.9 Å². The molecule has 0 saturated carbocycles. The molecule has 1 nitrogen and oxygen atoms in total. The van der Waals surface area contributed by atoms with Gasteiger partial charge in [0.25, 0.3) is 0 Å². The summed E-state index contributed by atoms with van der Waals surface area (Å²) in [6.45, 7) is 3.63. The van der Waals surface area contributed by atoms with Crippen molar-refractivity contribution in [2.45, 2.75) is 0 Å². The number of hydrogen-bond donors (Lipinski definition) is 1. The van der Waals surface area contributed by atoms with Crippen LogP contribution in [0.15, 0.2) is 42.6 Å². The summed E-state index contributed by atoms with van der Waals surface area (Å²) in [4.78, 5) is 3.20. The Bertz CT molecular complexity index is 196. The maximum atomic E-state index is 3.63. The van der Waals surface area contributed by atoms with Crippen LogP contribution in [0, 0.1) is 0 Å². The van der Waals surface area contributed by atoms with Gasteiger partial charge in [-0.25, -0.2) is 0 Å². The Hall–Kier alpha value is -1.02. The first kappa shape index (κ1) is 7.09. The van der Waals surface area contributed by atoms with Crippen molar-refractivity contribution in [2.24, 2.45) is 0 Å². The smallest absolute Gasteiger partial charge is 0.210 e. The van der Waals surface area contributed by atoms with Crippen LogP contribution in [0.4, 0.5) is 5.69 Å². The van der Waals surface area contributed by atoms with Gasteiger partial charge < -0.3 is 4.98 Å². The minimum atomic E-state index is 0.606. The third-order valence-corrected chi connectivity index (χ3v) is 1.73. The molecule has 1 rings (SSSR count). The summed E-state index contributed by atoms with van der Waals surface area (Å²) in [5.74, 6) is 0. The standard InChI is InChI=1S/C8H9NSi/c1-2-10-9-8-6-4-3-5-7-8/h2-7,9H,1H2. The highest BCUT2D eigenvalue weighted by Crippen LogP contribution is 2.02. The van der Waals surface area contributed by atoms with E-state index in [1.165, 1.54) is 0 Å². The minimum absolute atomic E-state index is 0.606. The lowest BCUT2D eigenvalue weighted by atomic mass is 10.3. The van der Waals surface area contributed by atoms with E-state index in [0.717, 1.165) is 5.69 Å². The topological polar surface area (TPSA) is 12.0 Å². The predicted octanol–water partition coefficient (Wildman–Crippen LogP) is 1.86. The summed E-state index contributed by atoms with van der Waals surface area (Å²) in [5.41, 5.74) is 3.02. The van der Waals surface area contributed by atoms with E-state index in [1.807, 2.05) is 36.0 Å². The summed E-state index contributed by atoms with van der Waals surface area (Å²) in [6, 6.07) is 10.1. The Morgan fingerprint density at radius 1 is 1.30 bits per heavy atom. The summed E-state index contributed by atoms with van der Waals surface area (Å²) < 4.78 is 0. The fourth-order valence-electron chi connectivity index (χ4n) is 0.656. The van der Waals surface area contributed by atoms with Gasteiger partial charge in [-0.05, 0) is 12.1 Å². The first-order valence-electron chi connectivity index (χ1n) is 3.11. The molecular weight excluding hydrogens is 138 g/mol. The molecule has 0 unspecified atom stereocenters. The molecule has 0 aromatic heterocycles. The van der Waals surface area contributed by atoms with E-state index < -0.39 is 0 Å². The van der Waals surface area contributed by atoms with Gasteiger partial charge in [-0.2, -0.15) is 0 Å². The van der Waals surface area contributed by atoms with Gasteiger partial charge in [0, 0.05) is 5.69 Å². The lowest BCUT2D eigenvalue weighted by Crippen LogP contribution is -2.01. The Morgan fingerprint density at radius 2 is 2.00 bits per heavy atom. The second kappa shape index (κ2) is 3.90. The fourth-order valence-corrected chi connectivity index (χ4v) is 1.09. The monoisotopic (exact) mass is 147 g/mol. The molecule has 1 aromatic rings. The van der Waals surface area contributed by atoms with E-state index in [-0.39, 0.29) is 0 Å². The van der Waals surface area contributed by atoms with Gasteiger partial charge in [0.05, 0.1) is 0 Å². The fraction of sp³-hybridized carbons (Fsp3) is 0. The molecule has 0 aliphatic carbocycles. The SMILES string of the molecule is C=C[Si]Nc1ccccc1. The number of benzene rings is 1. The van der Waals surface area contributed by atoms with Crippen molar-refractivity contribution in [1.82, 2.24) is 0 Å². The minimum Gasteiger partial charge on any atom is -0.408 e.